The molecule has 2 aromatic heterocycles. The topological polar surface area (TPSA) is 71.1 Å². The van der Waals surface area contributed by atoms with E-state index < -0.39 is 0 Å². The largest absolute Gasteiger partial charge is 0.368 e. The lowest BCUT2D eigenvalue weighted by Gasteiger charge is -2.32. The van der Waals surface area contributed by atoms with E-state index in [-0.39, 0.29) is 17.8 Å². The first kappa shape index (κ1) is 20.2. The predicted molar refractivity (Wildman–Crippen MR) is 111 cm³/mol. The number of aromatic nitrogens is 3. The number of hydrogen-bond donors (Lipinski definition) is 1. The van der Waals surface area contributed by atoms with Gasteiger partial charge in [-0.1, -0.05) is 18.2 Å². The van der Waals surface area contributed by atoms with Crippen LogP contribution in [0.3, 0.4) is 0 Å². The number of nitrogens with zero attached hydrogens (tertiary/aromatic N) is 3. The van der Waals surface area contributed by atoms with Crippen molar-refractivity contribution >= 4 is 5.91 Å². The van der Waals surface area contributed by atoms with Crippen LogP contribution in [0, 0.1) is 12.7 Å². The van der Waals surface area contributed by atoms with Crippen molar-refractivity contribution in [1.82, 2.24) is 20.1 Å². The Hall–Kier alpha value is -3.06. The molecule has 0 radical (unpaired) electrons. The SMILES string of the molecule is Cc1cc(CCCC(=O)N2CCO[C@H](c3ccc(-c4cn[nH]c4)cn3)C2)ccc1F. The van der Waals surface area contributed by atoms with E-state index in [1.54, 1.807) is 25.4 Å². The standard InChI is InChI=1S/C23H25FN4O2/c1-16-11-17(5-7-20(16)24)3-2-4-23(29)28-9-10-30-22(15-28)21-8-6-18(12-25-21)19-13-26-27-14-19/h5-8,11-14,22H,2-4,9-10,15H2,1H3,(H,26,27)/t22-/m0/s1. The highest BCUT2D eigenvalue weighted by atomic mass is 19.1. The minimum Gasteiger partial charge on any atom is -0.368 e. The fourth-order valence-corrected chi connectivity index (χ4v) is 3.69. The smallest absolute Gasteiger partial charge is 0.222 e. The number of nitrogens with one attached hydrogen (secondary N) is 1. The number of ether oxygens (including phenoxy) is 1. The van der Waals surface area contributed by atoms with Crippen LogP contribution >= 0.6 is 0 Å². The van der Waals surface area contributed by atoms with Crippen molar-refractivity contribution in [3.8, 4) is 11.1 Å². The van der Waals surface area contributed by atoms with Crippen LogP contribution in [-0.2, 0) is 16.0 Å². The van der Waals surface area contributed by atoms with Crippen LogP contribution < -0.4 is 0 Å². The Labute approximate surface area is 175 Å². The number of halogens is 1. The summed E-state index contributed by atoms with van der Waals surface area (Å²) in [5, 5.41) is 6.75. The molecule has 3 aromatic rings. The number of rotatable bonds is 6. The van der Waals surface area contributed by atoms with E-state index in [0.29, 0.717) is 31.7 Å². The van der Waals surface area contributed by atoms with Crippen molar-refractivity contribution in [2.45, 2.75) is 32.3 Å². The summed E-state index contributed by atoms with van der Waals surface area (Å²) in [6.07, 6.45) is 7.12. The lowest BCUT2D eigenvalue weighted by molar-refractivity contribution is -0.139. The maximum absolute atomic E-state index is 13.4. The molecule has 1 amide bonds. The molecule has 1 atom stereocenters. The van der Waals surface area contributed by atoms with E-state index >= 15 is 0 Å². The molecule has 0 aliphatic carbocycles. The van der Waals surface area contributed by atoms with Gasteiger partial charge in [-0.05, 0) is 43.0 Å². The molecule has 7 heteroatoms. The summed E-state index contributed by atoms with van der Waals surface area (Å²) in [5.41, 5.74) is 4.48. The van der Waals surface area contributed by atoms with Gasteiger partial charge in [0.15, 0.2) is 0 Å². The van der Waals surface area contributed by atoms with Gasteiger partial charge >= 0.3 is 0 Å². The van der Waals surface area contributed by atoms with Gasteiger partial charge in [-0.2, -0.15) is 5.10 Å². The summed E-state index contributed by atoms with van der Waals surface area (Å²) in [4.78, 5) is 19.1. The number of carbonyl (C=O) groups is 1. The zero-order chi connectivity index (χ0) is 20.9. The van der Waals surface area contributed by atoms with E-state index in [1.165, 1.54) is 6.07 Å². The second kappa shape index (κ2) is 9.17. The molecule has 1 aromatic carbocycles. The number of morpholine rings is 1. The second-order valence-corrected chi connectivity index (χ2v) is 7.59. The van der Waals surface area contributed by atoms with Crippen LogP contribution in [-0.4, -0.2) is 45.7 Å². The van der Waals surface area contributed by atoms with Crippen molar-refractivity contribution in [3.05, 3.63) is 71.6 Å². The number of pyridine rings is 1. The third kappa shape index (κ3) is 4.74. The van der Waals surface area contributed by atoms with Crippen LogP contribution in [0.15, 0.2) is 48.9 Å². The fraction of sp³-hybridized carbons (Fsp3) is 0.348. The highest BCUT2D eigenvalue weighted by molar-refractivity contribution is 5.76. The average Bonchev–Trinajstić information content (AvgIpc) is 3.31. The molecule has 1 aliphatic heterocycles. The lowest BCUT2D eigenvalue weighted by Crippen LogP contribution is -2.42. The molecule has 1 fully saturated rings. The highest BCUT2D eigenvalue weighted by Crippen LogP contribution is 2.24. The summed E-state index contributed by atoms with van der Waals surface area (Å²) in [6, 6.07) is 9.06. The van der Waals surface area contributed by atoms with Crippen LogP contribution in [0.5, 0.6) is 0 Å². The number of carbonyl (C=O) groups excluding carboxylic acids is 1. The van der Waals surface area contributed by atoms with Gasteiger partial charge < -0.3 is 9.64 Å². The van der Waals surface area contributed by atoms with E-state index in [9.17, 15) is 9.18 Å². The van der Waals surface area contributed by atoms with Crippen LogP contribution in [0.25, 0.3) is 11.1 Å². The Balaban J connectivity index is 1.30. The molecule has 0 unspecified atom stereocenters. The summed E-state index contributed by atoms with van der Waals surface area (Å²) >= 11 is 0. The number of benzene rings is 1. The third-order valence-electron chi connectivity index (χ3n) is 5.45. The van der Waals surface area contributed by atoms with E-state index in [4.69, 9.17) is 4.74 Å². The van der Waals surface area contributed by atoms with Crippen molar-refractivity contribution in [2.24, 2.45) is 0 Å². The van der Waals surface area contributed by atoms with E-state index in [2.05, 4.69) is 15.2 Å². The van der Waals surface area contributed by atoms with Crippen molar-refractivity contribution < 1.29 is 13.9 Å². The summed E-state index contributed by atoms with van der Waals surface area (Å²) in [6.45, 7) is 3.36. The minimum atomic E-state index is -0.221. The maximum Gasteiger partial charge on any atom is 0.222 e. The molecule has 30 heavy (non-hydrogen) atoms. The first-order valence-electron chi connectivity index (χ1n) is 10.2. The van der Waals surface area contributed by atoms with Crippen molar-refractivity contribution in [2.75, 3.05) is 19.7 Å². The van der Waals surface area contributed by atoms with E-state index in [1.807, 2.05) is 29.3 Å². The van der Waals surface area contributed by atoms with Gasteiger partial charge in [0.05, 0.1) is 25.0 Å². The molecule has 156 valence electrons. The average molecular weight is 408 g/mol. The molecule has 3 heterocycles. The molecule has 0 spiro atoms. The normalized spacial score (nSPS) is 16.6. The summed E-state index contributed by atoms with van der Waals surface area (Å²) in [7, 11) is 0. The first-order valence-corrected chi connectivity index (χ1v) is 10.2. The minimum absolute atomic E-state index is 0.122. The second-order valence-electron chi connectivity index (χ2n) is 7.59. The van der Waals surface area contributed by atoms with Crippen molar-refractivity contribution in [1.29, 1.82) is 0 Å². The summed E-state index contributed by atoms with van der Waals surface area (Å²) in [5.74, 6) is -0.0715. The molecular weight excluding hydrogens is 383 g/mol. The number of aromatic amines is 1. The monoisotopic (exact) mass is 408 g/mol. The van der Waals surface area contributed by atoms with Gasteiger partial charge in [0, 0.05) is 36.5 Å². The van der Waals surface area contributed by atoms with E-state index in [0.717, 1.165) is 35.2 Å². The Morgan fingerprint density at radius 1 is 1.27 bits per heavy atom. The number of hydrogen-bond acceptors (Lipinski definition) is 4. The van der Waals surface area contributed by atoms with Gasteiger partial charge in [0.2, 0.25) is 5.91 Å². The van der Waals surface area contributed by atoms with Gasteiger partial charge in [0.25, 0.3) is 0 Å². The molecule has 0 saturated carbocycles. The summed E-state index contributed by atoms with van der Waals surface area (Å²) < 4.78 is 19.2. The quantitative estimate of drug-likeness (QED) is 0.673. The first-order chi connectivity index (χ1) is 14.6. The maximum atomic E-state index is 13.4. The molecule has 1 N–H and O–H groups in total. The highest BCUT2D eigenvalue weighted by Gasteiger charge is 2.26. The van der Waals surface area contributed by atoms with Gasteiger partial charge in [0.1, 0.15) is 11.9 Å². The Kier molecular flexibility index (Phi) is 6.18. The number of amides is 1. The van der Waals surface area contributed by atoms with Gasteiger partial charge in [-0.25, -0.2) is 4.39 Å². The molecular formula is C23H25FN4O2. The zero-order valence-corrected chi connectivity index (χ0v) is 17.0. The molecule has 4 rings (SSSR count). The molecule has 1 aliphatic rings. The Morgan fingerprint density at radius 3 is 2.90 bits per heavy atom. The van der Waals surface area contributed by atoms with Crippen molar-refractivity contribution in [3.63, 3.8) is 0 Å². The molecule has 0 bridgehead atoms. The molecule has 6 nitrogen and oxygen atoms in total. The molecule has 1 saturated heterocycles. The third-order valence-corrected chi connectivity index (χ3v) is 5.45. The lowest BCUT2D eigenvalue weighted by atomic mass is 10.0. The Bertz CT molecular complexity index is 989. The predicted octanol–water partition coefficient (Wildman–Crippen LogP) is 3.84. The fourth-order valence-electron chi connectivity index (χ4n) is 3.69. The van der Waals surface area contributed by atoms with Gasteiger partial charge in [-0.15, -0.1) is 0 Å². The van der Waals surface area contributed by atoms with Crippen LogP contribution in [0.1, 0.15) is 35.8 Å². The van der Waals surface area contributed by atoms with Gasteiger partial charge in [-0.3, -0.25) is 14.9 Å². The van der Waals surface area contributed by atoms with Crippen LogP contribution in [0.2, 0.25) is 0 Å². The number of aryl methyl sites for hydroxylation is 2. The van der Waals surface area contributed by atoms with Crippen LogP contribution in [0.4, 0.5) is 4.39 Å². The zero-order valence-electron chi connectivity index (χ0n) is 17.0. The number of H-pyrrole nitrogens is 1. The Morgan fingerprint density at radius 2 is 2.17 bits per heavy atom.